The second kappa shape index (κ2) is 8.29. The molecule has 1 aromatic heterocycles. The summed E-state index contributed by atoms with van der Waals surface area (Å²) in [5, 5.41) is 3.30. The molecule has 0 atom stereocenters. The molecule has 0 saturated carbocycles. The molecule has 120 valence electrons. The molecule has 0 radical (unpaired) electrons. The van der Waals surface area contributed by atoms with E-state index < -0.39 is 5.97 Å². The third-order valence-electron chi connectivity index (χ3n) is 3.09. The maximum atomic E-state index is 12.1. The van der Waals surface area contributed by atoms with Gasteiger partial charge in [0.1, 0.15) is 5.00 Å². The van der Waals surface area contributed by atoms with E-state index in [-0.39, 0.29) is 5.91 Å². The minimum absolute atomic E-state index is 0.274. The number of hydrogen-bond donors (Lipinski definition) is 1. The van der Waals surface area contributed by atoms with Crippen molar-refractivity contribution in [3.05, 3.63) is 58.5 Å². The van der Waals surface area contributed by atoms with Gasteiger partial charge in [-0.25, -0.2) is 4.79 Å². The minimum Gasteiger partial charge on any atom is -0.462 e. The largest absolute Gasteiger partial charge is 0.462 e. The Bertz CT molecular complexity index is 704. The molecule has 2 aromatic rings. The van der Waals surface area contributed by atoms with Crippen LogP contribution in [0.3, 0.4) is 0 Å². The molecule has 4 nitrogen and oxygen atoms in total. The molecule has 0 aliphatic rings. The zero-order valence-corrected chi connectivity index (χ0v) is 14.0. The molecule has 0 fully saturated rings. The normalized spacial score (nSPS) is 10.7. The molecule has 0 spiro atoms. The van der Waals surface area contributed by atoms with Crippen LogP contribution in [0.2, 0.25) is 0 Å². The number of amides is 1. The van der Waals surface area contributed by atoms with Crippen molar-refractivity contribution in [2.45, 2.75) is 20.3 Å². The molecule has 1 amide bonds. The summed E-state index contributed by atoms with van der Waals surface area (Å²) in [6.45, 7) is 4.06. The number of aryl methyl sites for hydroxylation is 1. The standard InChI is InChI=1S/C18H19NO3S/c1-3-14-12-15(18(21)22-4-2)17(23-14)19-16(20)11-10-13-8-6-5-7-9-13/h5-12H,3-4H2,1-2H3,(H,19,20)/b11-10+. The van der Waals surface area contributed by atoms with Gasteiger partial charge in [0.25, 0.3) is 0 Å². The predicted octanol–water partition coefficient (Wildman–Crippen LogP) is 4.14. The van der Waals surface area contributed by atoms with Crippen molar-refractivity contribution in [2.75, 3.05) is 11.9 Å². The number of thiophene rings is 1. The number of nitrogens with one attached hydrogen (secondary N) is 1. The Kier molecular flexibility index (Phi) is 6.11. The topological polar surface area (TPSA) is 55.4 Å². The van der Waals surface area contributed by atoms with Gasteiger partial charge >= 0.3 is 5.97 Å². The lowest BCUT2D eigenvalue weighted by molar-refractivity contribution is -0.111. The number of benzene rings is 1. The fourth-order valence-electron chi connectivity index (χ4n) is 1.96. The van der Waals surface area contributed by atoms with Crippen molar-refractivity contribution in [2.24, 2.45) is 0 Å². The number of anilines is 1. The molecule has 2 rings (SSSR count). The van der Waals surface area contributed by atoms with Gasteiger partial charge in [-0.05, 0) is 31.1 Å². The summed E-state index contributed by atoms with van der Waals surface area (Å²) in [6.07, 6.45) is 3.98. The molecule has 5 heteroatoms. The lowest BCUT2D eigenvalue weighted by Crippen LogP contribution is -2.11. The summed E-state index contributed by atoms with van der Waals surface area (Å²) in [5.41, 5.74) is 1.35. The van der Waals surface area contributed by atoms with Crippen LogP contribution in [0.4, 0.5) is 5.00 Å². The number of rotatable bonds is 6. The van der Waals surface area contributed by atoms with E-state index in [2.05, 4.69) is 5.32 Å². The SMILES string of the molecule is CCOC(=O)c1cc(CC)sc1NC(=O)/C=C/c1ccccc1. The molecule has 0 saturated heterocycles. The predicted molar refractivity (Wildman–Crippen MR) is 93.8 cm³/mol. The van der Waals surface area contributed by atoms with Crippen molar-refractivity contribution >= 4 is 34.3 Å². The maximum absolute atomic E-state index is 12.1. The van der Waals surface area contributed by atoms with Crippen LogP contribution in [0.1, 0.15) is 34.6 Å². The first-order valence-corrected chi connectivity index (χ1v) is 8.29. The van der Waals surface area contributed by atoms with Gasteiger partial charge < -0.3 is 10.1 Å². The van der Waals surface area contributed by atoms with Crippen molar-refractivity contribution in [1.82, 2.24) is 0 Å². The Balaban J connectivity index is 2.12. The van der Waals surface area contributed by atoms with E-state index in [1.54, 1.807) is 19.1 Å². The molecular weight excluding hydrogens is 310 g/mol. The molecule has 0 unspecified atom stereocenters. The highest BCUT2D eigenvalue weighted by Crippen LogP contribution is 2.29. The zero-order chi connectivity index (χ0) is 16.7. The molecule has 0 aliphatic carbocycles. The van der Waals surface area contributed by atoms with E-state index >= 15 is 0 Å². The Morgan fingerprint density at radius 2 is 1.96 bits per heavy atom. The number of esters is 1. The number of carbonyl (C=O) groups excluding carboxylic acids is 2. The maximum Gasteiger partial charge on any atom is 0.341 e. The molecule has 1 aromatic carbocycles. The van der Waals surface area contributed by atoms with Crippen LogP contribution < -0.4 is 5.32 Å². The van der Waals surface area contributed by atoms with Crippen LogP contribution in [-0.2, 0) is 16.0 Å². The number of carbonyl (C=O) groups is 2. The van der Waals surface area contributed by atoms with Crippen molar-refractivity contribution in [3.8, 4) is 0 Å². The lowest BCUT2D eigenvalue weighted by Gasteiger charge is -2.03. The van der Waals surface area contributed by atoms with Gasteiger partial charge in [0, 0.05) is 11.0 Å². The smallest absolute Gasteiger partial charge is 0.341 e. The van der Waals surface area contributed by atoms with E-state index in [0.717, 1.165) is 16.9 Å². The fourth-order valence-corrected chi connectivity index (χ4v) is 2.95. The average Bonchev–Trinajstić information content (AvgIpc) is 2.97. The van der Waals surface area contributed by atoms with Crippen LogP contribution >= 0.6 is 11.3 Å². The molecule has 0 bridgehead atoms. The molecule has 1 N–H and O–H groups in total. The van der Waals surface area contributed by atoms with Crippen LogP contribution in [0.5, 0.6) is 0 Å². The molecular formula is C18H19NO3S. The lowest BCUT2D eigenvalue weighted by atomic mass is 10.2. The summed E-state index contributed by atoms with van der Waals surface area (Å²) < 4.78 is 5.04. The quantitative estimate of drug-likeness (QED) is 0.640. The Morgan fingerprint density at radius 3 is 2.61 bits per heavy atom. The number of ether oxygens (including phenoxy) is 1. The van der Waals surface area contributed by atoms with Gasteiger partial charge in [-0.1, -0.05) is 37.3 Å². The van der Waals surface area contributed by atoms with Crippen molar-refractivity contribution in [1.29, 1.82) is 0 Å². The van der Waals surface area contributed by atoms with Crippen LogP contribution in [0, 0.1) is 0 Å². The first-order valence-electron chi connectivity index (χ1n) is 7.48. The Labute approximate surface area is 139 Å². The van der Waals surface area contributed by atoms with Gasteiger partial charge in [0.2, 0.25) is 5.91 Å². The second-order valence-corrected chi connectivity index (χ2v) is 5.90. The van der Waals surface area contributed by atoms with Crippen molar-refractivity contribution in [3.63, 3.8) is 0 Å². The summed E-state index contributed by atoms with van der Waals surface area (Å²) >= 11 is 1.40. The summed E-state index contributed by atoms with van der Waals surface area (Å²) in [4.78, 5) is 25.1. The van der Waals surface area contributed by atoms with Gasteiger partial charge in [0.15, 0.2) is 0 Å². The summed E-state index contributed by atoms with van der Waals surface area (Å²) in [7, 11) is 0. The first-order chi connectivity index (χ1) is 11.1. The third kappa shape index (κ3) is 4.79. The van der Waals surface area contributed by atoms with Crippen molar-refractivity contribution < 1.29 is 14.3 Å². The Hall–Kier alpha value is -2.40. The second-order valence-electron chi connectivity index (χ2n) is 4.76. The van der Waals surface area contributed by atoms with E-state index in [1.807, 2.05) is 37.3 Å². The van der Waals surface area contributed by atoms with E-state index in [9.17, 15) is 9.59 Å². The van der Waals surface area contributed by atoms with E-state index in [0.29, 0.717) is 17.2 Å². The van der Waals surface area contributed by atoms with Gasteiger partial charge in [-0.2, -0.15) is 0 Å². The molecule has 1 heterocycles. The Morgan fingerprint density at radius 1 is 1.22 bits per heavy atom. The van der Waals surface area contributed by atoms with Gasteiger partial charge in [0.05, 0.1) is 12.2 Å². The molecule has 0 aliphatic heterocycles. The minimum atomic E-state index is -0.411. The highest BCUT2D eigenvalue weighted by molar-refractivity contribution is 7.16. The first kappa shape index (κ1) is 17.0. The van der Waals surface area contributed by atoms with E-state index in [1.165, 1.54) is 17.4 Å². The van der Waals surface area contributed by atoms with Gasteiger partial charge in [-0.15, -0.1) is 11.3 Å². The fraction of sp³-hybridized carbons (Fsp3) is 0.222. The highest BCUT2D eigenvalue weighted by Gasteiger charge is 2.17. The van der Waals surface area contributed by atoms with Crippen LogP contribution in [0.25, 0.3) is 6.08 Å². The van der Waals surface area contributed by atoms with E-state index in [4.69, 9.17) is 4.74 Å². The highest BCUT2D eigenvalue weighted by atomic mass is 32.1. The molecule has 23 heavy (non-hydrogen) atoms. The van der Waals surface area contributed by atoms with Crippen LogP contribution in [0.15, 0.2) is 42.5 Å². The number of hydrogen-bond acceptors (Lipinski definition) is 4. The van der Waals surface area contributed by atoms with Gasteiger partial charge in [-0.3, -0.25) is 4.79 Å². The average molecular weight is 329 g/mol. The monoisotopic (exact) mass is 329 g/mol. The summed E-state index contributed by atoms with van der Waals surface area (Å²) in [5.74, 6) is -0.685. The third-order valence-corrected chi connectivity index (χ3v) is 4.29. The summed E-state index contributed by atoms with van der Waals surface area (Å²) in [6, 6.07) is 11.3. The van der Waals surface area contributed by atoms with Crippen LogP contribution in [-0.4, -0.2) is 18.5 Å². The zero-order valence-electron chi connectivity index (χ0n) is 13.2.